The number of rotatable bonds is 7. The molecule has 1 aliphatic rings. The molecule has 1 fully saturated rings. The molecule has 7 nitrogen and oxygen atoms in total. The molecule has 2 N–H and O–H groups in total. The van der Waals surface area contributed by atoms with Crippen molar-refractivity contribution in [2.75, 3.05) is 33.7 Å². The van der Waals surface area contributed by atoms with Crippen LogP contribution in [0.3, 0.4) is 0 Å². The zero-order valence-corrected chi connectivity index (χ0v) is 21.1. The normalized spacial score (nSPS) is 16.8. The molecular formula is C19H31F3IN5O2S. The summed E-state index contributed by atoms with van der Waals surface area (Å²) in [6.07, 6.45) is 0.552. The Morgan fingerprint density at radius 3 is 2.39 bits per heavy atom. The molecule has 1 saturated heterocycles. The second-order valence-electron chi connectivity index (χ2n) is 7.52. The van der Waals surface area contributed by atoms with E-state index >= 15 is 0 Å². The second kappa shape index (κ2) is 12.2. The molecule has 1 aliphatic heterocycles. The molecule has 0 aliphatic carbocycles. The molecule has 2 rings (SSSR count). The minimum Gasteiger partial charge on any atom is -0.357 e. The maximum atomic E-state index is 12.7. The molecule has 0 saturated carbocycles. The second-order valence-corrected chi connectivity index (χ2v) is 9.45. The molecule has 1 aromatic rings. The van der Waals surface area contributed by atoms with Crippen LogP contribution >= 0.6 is 24.0 Å². The number of aliphatic imine (C=N–C) groups is 1. The van der Waals surface area contributed by atoms with Crippen LogP contribution < -0.4 is 10.6 Å². The first-order valence-electron chi connectivity index (χ1n) is 9.86. The van der Waals surface area contributed by atoms with Gasteiger partial charge < -0.3 is 15.5 Å². The van der Waals surface area contributed by atoms with Crippen LogP contribution in [0.1, 0.15) is 30.9 Å². The van der Waals surface area contributed by atoms with Crippen LogP contribution in [0.25, 0.3) is 0 Å². The molecule has 31 heavy (non-hydrogen) atoms. The van der Waals surface area contributed by atoms with Gasteiger partial charge in [0.2, 0.25) is 0 Å². The van der Waals surface area contributed by atoms with Gasteiger partial charge >= 0.3 is 15.5 Å². The van der Waals surface area contributed by atoms with E-state index in [0.717, 1.165) is 12.1 Å². The van der Waals surface area contributed by atoms with Gasteiger partial charge in [-0.2, -0.15) is 17.5 Å². The molecule has 0 aromatic heterocycles. The number of hydrogen-bond acceptors (Lipinski definition) is 4. The van der Waals surface area contributed by atoms with E-state index in [4.69, 9.17) is 0 Å². The number of nitrogens with zero attached hydrogens (tertiary/aromatic N) is 3. The van der Waals surface area contributed by atoms with Crippen molar-refractivity contribution in [1.29, 1.82) is 0 Å². The Bertz CT molecular complexity index is 826. The Balaban J connectivity index is 0.00000480. The van der Waals surface area contributed by atoms with E-state index in [1.54, 1.807) is 0 Å². The topological polar surface area (TPSA) is 77.0 Å². The number of alkyl halides is 3. The highest BCUT2D eigenvalue weighted by molar-refractivity contribution is 14.0. The Kier molecular flexibility index (Phi) is 11.0. The Morgan fingerprint density at radius 1 is 1.23 bits per heavy atom. The highest BCUT2D eigenvalue weighted by Crippen LogP contribution is 2.28. The Hall–Kier alpha value is -1.12. The van der Waals surface area contributed by atoms with Crippen molar-refractivity contribution in [2.24, 2.45) is 4.99 Å². The van der Waals surface area contributed by atoms with Gasteiger partial charge in [-0.15, -0.1) is 24.0 Å². The van der Waals surface area contributed by atoms with E-state index in [1.165, 1.54) is 5.56 Å². The molecule has 1 aromatic carbocycles. The highest BCUT2D eigenvalue weighted by atomic mass is 127. The van der Waals surface area contributed by atoms with Gasteiger partial charge in [-0.05, 0) is 45.0 Å². The average Bonchev–Trinajstić information content (AvgIpc) is 2.65. The lowest BCUT2D eigenvalue weighted by atomic mass is 10.1. The molecule has 0 radical (unpaired) electrons. The third-order valence-electron chi connectivity index (χ3n) is 4.68. The van der Waals surface area contributed by atoms with Gasteiger partial charge in [0, 0.05) is 32.2 Å². The smallest absolute Gasteiger partial charge is 0.357 e. The summed E-state index contributed by atoms with van der Waals surface area (Å²) in [5.41, 5.74) is -3.02. The van der Waals surface area contributed by atoms with Gasteiger partial charge in [-0.1, -0.05) is 24.3 Å². The van der Waals surface area contributed by atoms with Gasteiger partial charge in [0.1, 0.15) is 0 Å². The minimum absolute atomic E-state index is 0. The Labute approximate surface area is 199 Å². The molecule has 0 atom stereocenters. The average molecular weight is 577 g/mol. The summed E-state index contributed by atoms with van der Waals surface area (Å²) in [4.78, 5) is 6.66. The van der Waals surface area contributed by atoms with Gasteiger partial charge in [0.15, 0.2) is 5.96 Å². The van der Waals surface area contributed by atoms with Crippen molar-refractivity contribution < 1.29 is 21.6 Å². The van der Waals surface area contributed by atoms with Crippen LogP contribution in [0, 0.1) is 0 Å². The number of benzene rings is 1. The first-order chi connectivity index (χ1) is 14.0. The number of guanidine groups is 1. The maximum Gasteiger partial charge on any atom is 0.511 e. The third kappa shape index (κ3) is 8.39. The molecule has 1 heterocycles. The minimum atomic E-state index is -5.26. The SMILES string of the molecule is CCNC(=NCc1cccc(CN(C)C)c1)NC1CCN(S(=O)(=O)C(F)(F)F)CC1.I. The van der Waals surface area contributed by atoms with Crippen LogP contribution in [0.4, 0.5) is 13.2 Å². The van der Waals surface area contributed by atoms with Gasteiger partial charge in [-0.25, -0.2) is 13.4 Å². The lowest BCUT2D eigenvalue weighted by molar-refractivity contribution is -0.0494. The summed E-state index contributed by atoms with van der Waals surface area (Å²) in [7, 11) is -1.26. The van der Waals surface area contributed by atoms with Crippen molar-refractivity contribution in [3.8, 4) is 0 Å². The number of piperidine rings is 1. The molecule has 12 heteroatoms. The maximum absolute atomic E-state index is 12.7. The van der Waals surface area contributed by atoms with E-state index in [2.05, 4.69) is 32.7 Å². The lowest BCUT2D eigenvalue weighted by Gasteiger charge is -2.32. The molecule has 178 valence electrons. The van der Waals surface area contributed by atoms with Crippen LogP contribution in [0.2, 0.25) is 0 Å². The molecule has 0 bridgehead atoms. The number of halogens is 4. The zero-order chi connectivity index (χ0) is 22.4. The number of hydrogen-bond donors (Lipinski definition) is 2. The molecule has 0 spiro atoms. The van der Waals surface area contributed by atoms with Gasteiger partial charge in [-0.3, -0.25) is 0 Å². The Morgan fingerprint density at radius 2 is 1.84 bits per heavy atom. The summed E-state index contributed by atoms with van der Waals surface area (Å²) in [5, 5.41) is 6.34. The van der Waals surface area contributed by atoms with E-state index in [9.17, 15) is 21.6 Å². The summed E-state index contributed by atoms with van der Waals surface area (Å²) >= 11 is 0. The van der Waals surface area contributed by atoms with Crippen molar-refractivity contribution in [1.82, 2.24) is 19.8 Å². The largest absolute Gasteiger partial charge is 0.511 e. The number of nitrogens with one attached hydrogen (secondary N) is 2. The molecule has 0 amide bonds. The van der Waals surface area contributed by atoms with Gasteiger partial charge in [0.25, 0.3) is 0 Å². The van der Waals surface area contributed by atoms with Crippen molar-refractivity contribution >= 4 is 40.0 Å². The quantitative estimate of drug-likeness (QED) is 0.296. The fourth-order valence-electron chi connectivity index (χ4n) is 3.26. The molecular weight excluding hydrogens is 546 g/mol. The first kappa shape index (κ1) is 27.9. The fraction of sp³-hybridized carbons (Fsp3) is 0.632. The van der Waals surface area contributed by atoms with E-state index in [-0.39, 0.29) is 55.9 Å². The fourth-order valence-corrected chi connectivity index (χ4v) is 4.25. The summed E-state index contributed by atoms with van der Waals surface area (Å²) in [5.74, 6) is 0.563. The van der Waals surface area contributed by atoms with E-state index in [0.29, 0.717) is 23.4 Å². The van der Waals surface area contributed by atoms with Crippen LogP contribution in [-0.2, 0) is 23.1 Å². The summed E-state index contributed by atoms with van der Waals surface area (Å²) in [6, 6.07) is 7.98. The van der Waals surface area contributed by atoms with Crippen LogP contribution in [0.15, 0.2) is 29.3 Å². The summed E-state index contributed by atoms with van der Waals surface area (Å²) < 4.78 is 61.7. The predicted octanol–water partition coefficient (Wildman–Crippen LogP) is 2.74. The first-order valence-corrected chi connectivity index (χ1v) is 11.3. The van der Waals surface area contributed by atoms with Crippen molar-refractivity contribution in [2.45, 2.75) is 44.4 Å². The van der Waals surface area contributed by atoms with Crippen LogP contribution in [-0.4, -0.2) is 68.9 Å². The standard InChI is InChI=1S/C19H30F3N5O2S.HI/c1-4-23-18(24-13-15-6-5-7-16(12-15)14-26(2)3)25-17-8-10-27(11-9-17)30(28,29)19(20,21)22;/h5-7,12,17H,4,8-11,13-14H2,1-3H3,(H2,23,24,25);1H. The van der Waals surface area contributed by atoms with E-state index < -0.39 is 15.5 Å². The third-order valence-corrected chi connectivity index (χ3v) is 6.31. The van der Waals surface area contributed by atoms with E-state index in [1.807, 2.05) is 33.2 Å². The highest BCUT2D eigenvalue weighted by Gasteiger charge is 2.50. The summed E-state index contributed by atoms with van der Waals surface area (Å²) in [6.45, 7) is 3.49. The molecule has 0 unspecified atom stereocenters. The van der Waals surface area contributed by atoms with Crippen molar-refractivity contribution in [3.05, 3.63) is 35.4 Å². The van der Waals surface area contributed by atoms with Gasteiger partial charge in [0.05, 0.1) is 6.54 Å². The van der Waals surface area contributed by atoms with Crippen molar-refractivity contribution in [3.63, 3.8) is 0 Å². The lowest BCUT2D eigenvalue weighted by Crippen LogP contribution is -2.51. The predicted molar refractivity (Wildman–Crippen MR) is 127 cm³/mol. The monoisotopic (exact) mass is 577 g/mol. The zero-order valence-electron chi connectivity index (χ0n) is 17.9. The van der Waals surface area contributed by atoms with Crippen LogP contribution in [0.5, 0.6) is 0 Å². The number of sulfonamides is 1.